The van der Waals surface area contributed by atoms with Crippen molar-refractivity contribution in [1.82, 2.24) is 10.2 Å². The lowest BCUT2D eigenvalue weighted by Crippen LogP contribution is -2.49. The molecule has 1 aliphatic rings. The number of carbonyl (C=O) groups excluding carboxylic acids is 1. The van der Waals surface area contributed by atoms with Crippen LogP contribution in [0.2, 0.25) is 0 Å². The third kappa shape index (κ3) is 5.61. The van der Waals surface area contributed by atoms with Crippen LogP contribution in [0.3, 0.4) is 0 Å². The number of amides is 2. The molecule has 0 bridgehead atoms. The van der Waals surface area contributed by atoms with E-state index >= 15 is 0 Å². The molecule has 2 N–H and O–H groups in total. The van der Waals surface area contributed by atoms with Crippen LogP contribution in [0, 0.1) is 0 Å². The van der Waals surface area contributed by atoms with Gasteiger partial charge in [-0.1, -0.05) is 18.9 Å². The number of rotatable bonds is 7. The molecule has 6 nitrogen and oxygen atoms in total. The number of aliphatic carboxylic acids is 1. The average molecular weight is 284 g/mol. The molecule has 1 saturated heterocycles. The summed E-state index contributed by atoms with van der Waals surface area (Å²) < 4.78 is 5.29. The Morgan fingerprint density at radius 2 is 2.15 bits per heavy atom. The van der Waals surface area contributed by atoms with Crippen LogP contribution in [0.4, 0.5) is 4.79 Å². The first-order chi connectivity index (χ1) is 9.66. The van der Waals surface area contributed by atoms with Crippen LogP contribution in [-0.4, -0.2) is 54.4 Å². The van der Waals surface area contributed by atoms with E-state index in [0.29, 0.717) is 32.7 Å². The van der Waals surface area contributed by atoms with Crippen LogP contribution >= 0.6 is 0 Å². The van der Waals surface area contributed by atoms with Crippen molar-refractivity contribution >= 4 is 12.0 Å². The maximum absolute atomic E-state index is 12.0. The molecule has 6 heteroatoms. The van der Waals surface area contributed by atoms with Gasteiger partial charge >= 0.3 is 12.0 Å². The van der Waals surface area contributed by atoms with E-state index < -0.39 is 12.0 Å². The molecular weight excluding hydrogens is 260 g/mol. The van der Waals surface area contributed by atoms with E-state index in [1.807, 2.05) is 0 Å². The van der Waals surface area contributed by atoms with Crippen molar-refractivity contribution in [3.63, 3.8) is 0 Å². The molecule has 0 aromatic heterocycles. The van der Waals surface area contributed by atoms with E-state index in [0.717, 1.165) is 25.7 Å². The minimum absolute atomic E-state index is 0.313. The second kappa shape index (κ2) is 9.36. The lowest BCUT2D eigenvalue weighted by Gasteiger charge is -2.27. The quantitative estimate of drug-likeness (QED) is 0.550. The monoisotopic (exact) mass is 284 g/mol. The number of nitrogens with zero attached hydrogens (tertiary/aromatic N) is 1. The summed E-state index contributed by atoms with van der Waals surface area (Å²) in [6.07, 6.45) is 5.75. The summed E-state index contributed by atoms with van der Waals surface area (Å²) in [4.78, 5) is 24.7. The van der Waals surface area contributed by atoms with E-state index in [2.05, 4.69) is 11.9 Å². The Hall–Kier alpha value is -1.56. The summed E-state index contributed by atoms with van der Waals surface area (Å²) in [6.45, 7) is 5.48. The summed E-state index contributed by atoms with van der Waals surface area (Å²) in [5.74, 6) is -0.927. The number of hydrogen-bond acceptors (Lipinski definition) is 3. The number of carboxylic acids is 1. The van der Waals surface area contributed by atoms with Gasteiger partial charge in [-0.25, -0.2) is 9.59 Å². The lowest BCUT2D eigenvalue weighted by molar-refractivity contribution is -0.142. The fourth-order valence-electron chi connectivity index (χ4n) is 2.21. The van der Waals surface area contributed by atoms with Gasteiger partial charge in [-0.3, -0.25) is 0 Å². The van der Waals surface area contributed by atoms with Gasteiger partial charge in [0.2, 0.25) is 0 Å². The Morgan fingerprint density at radius 3 is 2.85 bits per heavy atom. The second-order valence-electron chi connectivity index (χ2n) is 4.82. The highest BCUT2D eigenvalue weighted by molar-refractivity contribution is 5.82. The molecule has 0 aliphatic carbocycles. The average Bonchev–Trinajstić information content (AvgIpc) is 2.68. The first-order valence-corrected chi connectivity index (χ1v) is 7.12. The predicted octanol–water partition coefficient (Wildman–Crippen LogP) is 1.62. The second-order valence-corrected chi connectivity index (χ2v) is 4.82. The molecule has 0 aromatic carbocycles. The van der Waals surface area contributed by atoms with Gasteiger partial charge in [0.25, 0.3) is 0 Å². The van der Waals surface area contributed by atoms with Gasteiger partial charge in [0.05, 0.1) is 13.2 Å². The molecule has 0 aromatic rings. The van der Waals surface area contributed by atoms with Gasteiger partial charge < -0.3 is 20.1 Å². The van der Waals surface area contributed by atoms with Crippen molar-refractivity contribution in [2.75, 3.05) is 26.3 Å². The Labute approximate surface area is 119 Å². The van der Waals surface area contributed by atoms with Gasteiger partial charge in [-0.15, -0.1) is 6.58 Å². The van der Waals surface area contributed by atoms with E-state index in [-0.39, 0.29) is 6.03 Å². The van der Waals surface area contributed by atoms with Crippen LogP contribution in [0.25, 0.3) is 0 Å². The van der Waals surface area contributed by atoms with Crippen molar-refractivity contribution in [2.45, 2.75) is 38.1 Å². The number of nitrogens with one attached hydrogen (secondary N) is 1. The molecule has 1 aliphatic heterocycles. The maximum Gasteiger partial charge on any atom is 0.326 e. The van der Waals surface area contributed by atoms with Crippen molar-refractivity contribution in [3.8, 4) is 0 Å². The minimum atomic E-state index is -0.927. The zero-order valence-corrected chi connectivity index (χ0v) is 11.8. The van der Waals surface area contributed by atoms with Crippen LogP contribution in [0.15, 0.2) is 12.7 Å². The molecule has 1 heterocycles. The van der Waals surface area contributed by atoms with Gasteiger partial charge in [0.15, 0.2) is 0 Å². The van der Waals surface area contributed by atoms with Gasteiger partial charge in [0, 0.05) is 13.1 Å². The van der Waals surface area contributed by atoms with Crippen LogP contribution in [0.1, 0.15) is 32.1 Å². The molecule has 1 unspecified atom stereocenters. The van der Waals surface area contributed by atoms with Crippen molar-refractivity contribution in [3.05, 3.63) is 12.7 Å². The predicted molar refractivity (Wildman–Crippen MR) is 75.6 cm³/mol. The van der Waals surface area contributed by atoms with Gasteiger partial charge in [-0.2, -0.15) is 0 Å². The molecule has 0 spiro atoms. The summed E-state index contributed by atoms with van der Waals surface area (Å²) in [6, 6.07) is -1.02. The number of carbonyl (C=O) groups is 2. The SMILES string of the molecule is C=CCCOCCNC(=O)N1CCCCCC1C(=O)O. The molecule has 0 radical (unpaired) electrons. The summed E-state index contributed by atoms with van der Waals surface area (Å²) >= 11 is 0. The Balaban J connectivity index is 2.34. The summed E-state index contributed by atoms with van der Waals surface area (Å²) in [5.41, 5.74) is 0. The number of carboxylic acid groups (broad SMARTS) is 1. The van der Waals surface area contributed by atoms with Gasteiger partial charge in [-0.05, 0) is 19.3 Å². The Morgan fingerprint density at radius 1 is 1.35 bits per heavy atom. The topological polar surface area (TPSA) is 78.9 Å². The number of hydrogen-bond donors (Lipinski definition) is 2. The van der Waals surface area contributed by atoms with E-state index in [9.17, 15) is 14.7 Å². The van der Waals surface area contributed by atoms with Crippen LogP contribution in [0.5, 0.6) is 0 Å². The highest BCUT2D eigenvalue weighted by atomic mass is 16.5. The Bertz CT molecular complexity index is 333. The molecule has 0 saturated carbocycles. The maximum atomic E-state index is 12.0. The first kappa shape index (κ1) is 16.5. The number of likely N-dealkylation sites (tertiary alicyclic amines) is 1. The zero-order chi connectivity index (χ0) is 14.8. The van der Waals surface area contributed by atoms with Crippen molar-refractivity contribution in [1.29, 1.82) is 0 Å². The number of ether oxygens (including phenoxy) is 1. The minimum Gasteiger partial charge on any atom is -0.480 e. The lowest BCUT2D eigenvalue weighted by atomic mass is 10.1. The van der Waals surface area contributed by atoms with Crippen LogP contribution in [-0.2, 0) is 9.53 Å². The molecule has 1 atom stereocenters. The fourth-order valence-corrected chi connectivity index (χ4v) is 2.21. The standard InChI is InChI=1S/C14H24N2O4/c1-2-3-10-20-11-8-15-14(19)16-9-6-4-5-7-12(16)13(17)18/h2,12H,1,3-11H2,(H,15,19)(H,17,18). The highest BCUT2D eigenvalue weighted by Gasteiger charge is 2.30. The van der Waals surface area contributed by atoms with Gasteiger partial charge in [0.1, 0.15) is 6.04 Å². The van der Waals surface area contributed by atoms with E-state index in [1.165, 1.54) is 4.90 Å². The molecule has 2 amide bonds. The van der Waals surface area contributed by atoms with E-state index in [1.54, 1.807) is 6.08 Å². The fraction of sp³-hybridized carbons (Fsp3) is 0.714. The molecular formula is C14H24N2O4. The first-order valence-electron chi connectivity index (χ1n) is 7.12. The molecule has 1 fully saturated rings. The molecule has 1 rings (SSSR count). The summed E-state index contributed by atoms with van der Waals surface area (Å²) in [5, 5.41) is 11.9. The Kier molecular flexibility index (Phi) is 7.72. The summed E-state index contributed by atoms with van der Waals surface area (Å²) in [7, 11) is 0. The highest BCUT2D eigenvalue weighted by Crippen LogP contribution is 2.17. The van der Waals surface area contributed by atoms with E-state index in [4.69, 9.17) is 4.74 Å². The van der Waals surface area contributed by atoms with Crippen LogP contribution < -0.4 is 5.32 Å². The third-order valence-electron chi connectivity index (χ3n) is 3.29. The number of urea groups is 1. The molecule has 114 valence electrons. The molecule has 20 heavy (non-hydrogen) atoms. The normalized spacial score (nSPS) is 19.2. The smallest absolute Gasteiger partial charge is 0.326 e. The zero-order valence-electron chi connectivity index (χ0n) is 11.8. The van der Waals surface area contributed by atoms with Crippen molar-refractivity contribution in [2.24, 2.45) is 0 Å². The third-order valence-corrected chi connectivity index (χ3v) is 3.29. The largest absolute Gasteiger partial charge is 0.480 e. The van der Waals surface area contributed by atoms with Crippen molar-refractivity contribution < 1.29 is 19.4 Å².